The first-order chi connectivity index (χ1) is 13.7. The summed E-state index contributed by atoms with van der Waals surface area (Å²) in [7, 11) is 0. The third kappa shape index (κ3) is 4.07. The van der Waals surface area contributed by atoms with E-state index in [1.54, 1.807) is 12.1 Å². The Hall–Kier alpha value is -2.73. The molecule has 1 fully saturated rings. The van der Waals surface area contributed by atoms with Gasteiger partial charge in [0.15, 0.2) is 0 Å². The molecule has 0 spiro atoms. The van der Waals surface area contributed by atoms with Crippen LogP contribution in [-0.2, 0) is 22.5 Å². The van der Waals surface area contributed by atoms with Crippen LogP contribution in [0.4, 0.5) is 4.39 Å². The van der Waals surface area contributed by atoms with E-state index in [1.807, 2.05) is 30.3 Å². The molecule has 146 valence electrons. The number of hydrogen-bond donors (Lipinski definition) is 1. The first-order valence-corrected chi connectivity index (χ1v) is 9.79. The van der Waals surface area contributed by atoms with Crippen LogP contribution < -0.4 is 5.32 Å². The molecular formula is C22H24FN3O2. The maximum atomic E-state index is 14.2. The molecule has 1 aliphatic rings. The SMILES string of the molecule is O=C(NCCCc1nc2ccccc2n1Cc1ccccc1F)C1CCCO1. The topological polar surface area (TPSA) is 56.2 Å². The lowest BCUT2D eigenvalue weighted by Gasteiger charge is -2.12. The van der Waals surface area contributed by atoms with Gasteiger partial charge in [0, 0.05) is 25.1 Å². The van der Waals surface area contributed by atoms with E-state index in [9.17, 15) is 9.18 Å². The van der Waals surface area contributed by atoms with E-state index in [4.69, 9.17) is 9.72 Å². The van der Waals surface area contributed by atoms with Crippen LogP contribution in [0.25, 0.3) is 11.0 Å². The summed E-state index contributed by atoms with van der Waals surface area (Å²) in [5, 5.41) is 2.95. The number of ether oxygens (including phenoxy) is 1. The summed E-state index contributed by atoms with van der Waals surface area (Å²) in [6, 6.07) is 14.7. The fourth-order valence-corrected chi connectivity index (χ4v) is 3.65. The molecule has 6 heteroatoms. The van der Waals surface area contributed by atoms with Crippen molar-refractivity contribution in [3.05, 3.63) is 65.7 Å². The van der Waals surface area contributed by atoms with Crippen LogP contribution in [0, 0.1) is 5.82 Å². The Balaban J connectivity index is 1.45. The van der Waals surface area contributed by atoms with Crippen molar-refractivity contribution in [2.24, 2.45) is 0 Å². The second-order valence-corrected chi connectivity index (χ2v) is 7.09. The van der Waals surface area contributed by atoms with Crippen LogP contribution in [0.2, 0.25) is 0 Å². The number of para-hydroxylation sites is 2. The molecule has 2 aromatic carbocycles. The van der Waals surface area contributed by atoms with Crippen molar-refractivity contribution in [2.75, 3.05) is 13.2 Å². The highest BCUT2D eigenvalue weighted by atomic mass is 19.1. The van der Waals surface area contributed by atoms with Gasteiger partial charge in [-0.3, -0.25) is 4.79 Å². The number of nitrogens with one attached hydrogen (secondary N) is 1. The molecule has 3 aromatic rings. The summed E-state index contributed by atoms with van der Waals surface area (Å²) < 4.78 is 21.6. The largest absolute Gasteiger partial charge is 0.368 e. The predicted molar refractivity (Wildman–Crippen MR) is 106 cm³/mol. The Kier molecular flexibility index (Phi) is 5.67. The quantitative estimate of drug-likeness (QED) is 0.638. The van der Waals surface area contributed by atoms with Gasteiger partial charge < -0.3 is 14.6 Å². The number of imidazole rings is 1. The highest BCUT2D eigenvalue weighted by Crippen LogP contribution is 2.20. The molecule has 0 bridgehead atoms. The van der Waals surface area contributed by atoms with Gasteiger partial charge >= 0.3 is 0 Å². The van der Waals surface area contributed by atoms with Gasteiger partial charge in [-0.1, -0.05) is 30.3 Å². The molecule has 4 rings (SSSR count). The van der Waals surface area contributed by atoms with Crippen molar-refractivity contribution in [1.29, 1.82) is 0 Å². The van der Waals surface area contributed by atoms with E-state index in [1.165, 1.54) is 6.07 Å². The van der Waals surface area contributed by atoms with E-state index in [2.05, 4.69) is 9.88 Å². The third-order valence-corrected chi connectivity index (χ3v) is 5.12. The Morgan fingerprint density at radius 2 is 2.04 bits per heavy atom. The van der Waals surface area contributed by atoms with Crippen LogP contribution in [0.5, 0.6) is 0 Å². The number of nitrogens with zero attached hydrogens (tertiary/aromatic N) is 2. The predicted octanol–water partition coefficient (Wildman–Crippen LogP) is 3.45. The molecule has 1 aromatic heterocycles. The van der Waals surface area contributed by atoms with Crippen LogP contribution in [0.15, 0.2) is 48.5 Å². The lowest BCUT2D eigenvalue weighted by Crippen LogP contribution is -2.34. The molecule has 2 heterocycles. The second kappa shape index (κ2) is 8.52. The molecule has 1 aliphatic heterocycles. The van der Waals surface area contributed by atoms with E-state index < -0.39 is 0 Å². The molecule has 0 saturated carbocycles. The average molecular weight is 381 g/mol. The van der Waals surface area contributed by atoms with Crippen LogP contribution >= 0.6 is 0 Å². The summed E-state index contributed by atoms with van der Waals surface area (Å²) in [6.45, 7) is 1.67. The molecule has 5 nitrogen and oxygen atoms in total. The van der Waals surface area contributed by atoms with Gasteiger partial charge in [-0.25, -0.2) is 9.37 Å². The fraction of sp³-hybridized carbons (Fsp3) is 0.364. The van der Waals surface area contributed by atoms with Crippen molar-refractivity contribution < 1.29 is 13.9 Å². The van der Waals surface area contributed by atoms with Gasteiger partial charge in [-0.15, -0.1) is 0 Å². The molecule has 1 atom stereocenters. The molecular weight excluding hydrogens is 357 g/mol. The lowest BCUT2D eigenvalue weighted by molar-refractivity contribution is -0.130. The Labute approximate surface area is 163 Å². The van der Waals surface area contributed by atoms with E-state index in [-0.39, 0.29) is 17.8 Å². The van der Waals surface area contributed by atoms with Crippen molar-refractivity contribution in [1.82, 2.24) is 14.9 Å². The molecule has 1 unspecified atom stereocenters. The summed E-state index contributed by atoms with van der Waals surface area (Å²) in [5.41, 5.74) is 2.53. The van der Waals surface area contributed by atoms with E-state index in [0.717, 1.165) is 36.1 Å². The van der Waals surface area contributed by atoms with Gasteiger partial charge in [0.1, 0.15) is 17.7 Å². The zero-order valence-electron chi connectivity index (χ0n) is 15.7. The first kappa shape index (κ1) is 18.6. The minimum atomic E-state index is -0.300. The van der Waals surface area contributed by atoms with Crippen molar-refractivity contribution >= 4 is 16.9 Å². The van der Waals surface area contributed by atoms with E-state index in [0.29, 0.717) is 31.7 Å². The summed E-state index contributed by atoms with van der Waals surface area (Å²) in [6.07, 6.45) is 2.90. The molecule has 1 amide bonds. The van der Waals surface area contributed by atoms with Crippen LogP contribution in [-0.4, -0.2) is 34.7 Å². The summed E-state index contributed by atoms with van der Waals surface area (Å²) >= 11 is 0. The number of rotatable bonds is 7. The third-order valence-electron chi connectivity index (χ3n) is 5.12. The number of carbonyl (C=O) groups excluding carboxylic acids is 1. The summed E-state index contributed by atoms with van der Waals surface area (Å²) in [4.78, 5) is 16.8. The van der Waals surface area contributed by atoms with Gasteiger partial charge in [0.2, 0.25) is 5.91 Å². The van der Waals surface area contributed by atoms with Gasteiger partial charge in [0.05, 0.1) is 17.6 Å². The molecule has 0 radical (unpaired) electrons. The zero-order valence-corrected chi connectivity index (χ0v) is 15.7. The maximum Gasteiger partial charge on any atom is 0.249 e. The smallest absolute Gasteiger partial charge is 0.249 e. The highest BCUT2D eigenvalue weighted by Gasteiger charge is 2.23. The monoisotopic (exact) mass is 381 g/mol. The van der Waals surface area contributed by atoms with Gasteiger partial charge in [-0.05, 0) is 37.5 Å². The molecule has 0 aliphatic carbocycles. The van der Waals surface area contributed by atoms with Gasteiger partial charge in [-0.2, -0.15) is 0 Å². The van der Waals surface area contributed by atoms with Gasteiger partial charge in [0.25, 0.3) is 0 Å². The Morgan fingerprint density at radius 1 is 1.21 bits per heavy atom. The van der Waals surface area contributed by atoms with Crippen LogP contribution in [0.1, 0.15) is 30.7 Å². The lowest BCUT2D eigenvalue weighted by atomic mass is 10.2. The number of hydrogen-bond acceptors (Lipinski definition) is 3. The molecule has 1 saturated heterocycles. The first-order valence-electron chi connectivity index (χ1n) is 9.79. The second-order valence-electron chi connectivity index (χ2n) is 7.09. The standard InChI is InChI=1S/C22H24FN3O2/c23-17-8-2-1-7-16(17)15-26-19-10-4-3-9-18(19)25-21(26)12-5-13-24-22(27)20-11-6-14-28-20/h1-4,7-10,20H,5-6,11-15H2,(H,24,27). The number of aryl methyl sites for hydroxylation is 1. The minimum absolute atomic E-state index is 0.0302. The number of benzene rings is 2. The Bertz CT molecular complexity index is 963. The minimum Gasteiger partial charge on any atom is -0.368 e. The highest BCUT2D eigenvalue weighted by molar-refractivity contribution is 5.80. The van der Waals surface area contributed by atoms with Crippen molar-refractivity contribution in [3.63, 3.8) is 0 Å². The zero-order chi connectivity index (χ0) is 19.3. The summed E-state index contributed by atoms with van der Waals surface area (Å²) in [5.74, 6) is 0.656. The number of amides is 1. The fourth-order valence-electron chi connectivity index (χ4n) is 3.65. The molecule has 1 N–H and O–H groups in total. The number of aromatic nitrogens is 2. The maximum absolute atomic E-state index is 14.2. The average Bonchev–Trinajstić information content (AvgIpc) is 3.36. The Morgan fingerprint density at radius 3 is 2.86 bits per heavy atom. The normalized spacial score (nSPS) is 16.5. The molecule has 28 heavy (non-hydrogen) atoms. The van der Waals surface area contributed by atoms with Crippen molar-refractivity contribution in [2.45, 2.75) is 38.3 Å². The van der Waals surface area contributed by atoms with Crippen molar-refractivity contribution in [3.8, 4) is 0 Å². The number of carbonyl (C=O) groups is 1. The van der Waals surface area contributed by atoms with Crippen LogP contribution in [0.3, 0.4) is 0 Å². The van der Waals surface area contributed by atoms with E-state index >= 15 is 0 Å². The number of halogens is 1. The number of fused-ring (bicyclic) bond motifs is 1.